The van der Waals surface area contributed by atoms with Crippen LogP contribution in [0.1, 0.15) is 5.56 Å². The number of benzene rings is 1. The molecule has 0 spiro atoms. The molecule has 86 valence electrons. The minimum atomic E-state index is -0.723. The Labute approximate surface area is 93.8 Å². The van der Waals surface area contributed by atoms with E-state index in [2.05, 4.69) is 0 Å². The van der Waals surface area contributed by atoms with Gasteiger partial charge >= 0.3 is 0 Å². The van der Waals surface area contributed by atoms with Crippen LogP contribution in [-0.4, -0.2) is 36.3 Å². The summed E-state index contributed by atoms with van der Waals surface area (Å²) in [5, 5.41) is 9.56. The van der Waals surface area contributed by atoms with Gasteiger partial charge in [-0.3, -0.25) is 0 Å². The normalized spacial score (nSPS) is 29.2. The second-order valence-electron chi connectivity index (χ2n) is 3.76. The van der Waals surface area contributed by atoms with Gasteiger partial charge in [-0.05, 0) is 5.56 Å². The molecule has 1 aromatic rings. The monoisotopic (exact) mass is 222 g/mol. The summed E-state index contributed by atoms with van der Waals surface area (Å²) in [4.78, 5) is 10.7. The van der Waals surface area contributed by atoms with Crippen LogP contribution in [0.2, 0.25) is 0 Å². The lowest BCUT2D eigenvalue weighted by Gasteiger charge is -2.17. The fourth-order valence-corrected chi connectivity index (χ4v) is 1.71. The maximum atomic E-state index is 10.7. The highest BCUT2D eigenvalue weighted by molar-refractivity contribution is 5.58. The van der Waals surface area contributed by atoms with Crippen molar-refractivity contribution < 1.29 is 19.4 Å². The third-order valence-corrected chi connectivity index (χ3v) is 2.58. The standard InChI is InChI=1S/C12H14O4/c13-6-11-12(10(14)8-15-11)16-7-9-4-2-1-3-5-9/h1-6,10-12,14H,7-8H2/t10-,11+,12+/m1/s1. The summed E-state index contributed by atoms with van der Waals surface area (Å²) in [6.07, 6.45) is -1.26. The molecule has 3 atom stereocenters. The lowest BCUT2D eigenvalue weighted by molar-refractivity contribution is -0.122. The van der Waals surface area contributed by atoms with E-state index in [4.69, 9.17) is 9.47 Å². The van der Waals surface area contributed by atoms with Crippen LogP contribution in [0.25, 0.3) is 0 Å². The molecular formula is C12H14O4. The largest absolute Gasteiger partial charge is 0.388 e. The van der Waals surface area contributed by atoms with Crippen LogP contribution in [0, 0.1) is 0 Å². The number of ether oxygens (including phenoxy) is 2. The van der Waals surface area contributed by atoms with Gasteiger partial charge in [-0.15, -0.1) is 0 Å². The Bertz CT molecular complexity index is 338. The van der Waals surface area contributed by atoms with Crippen LogP contribution in [-0.2, 0) is 20.9 Å². The van der Waals surface area contributed by atoms with Gasteiger partial charge < -0.3 is 19.4 Å². The number of carbonyl (C=O) groups excluding carboxylic acids is 1. The number of rotatable bonds is 4. The molecule has 1 fully saturated rings. The number of carbonyl (C=O) groups is 1. The minimum absolute atomic E-state index is 0.156. The predicted octanol–water partition coefficient (Wildman–Crippen LogP) is 0.530. The Balaban J connectivity index is 1.92. The molecule has 1 N–H and O–H groups in total. The average Bonchev–Trinajstić information content (AvgIpc) is 2.69. The fraction of sp³-hybridized carbons (Fsp3) is 0.417. The van der Waals surface area contributed by atoms with Crippen LogP contribution in [0.3, 0.4) is 0 Å². The van der Waals surface area contributed by atoms with Gasteiger partial charge in [0.15, 0.2) is 6.29 Å². The van der Waals surface area contributed by atoms with Crippen molar-refractivity contribution in [3.8, 4) is 0 Å². The van der Waals surface area contributed by atoms with Crippen molar-refractivity contribution in [1.82, 2.24) is 0 Å². The van der Waals surface area contributed by atoms with Gasteiger partial charge in [0, 0.05) is 0 Å². The molecule has 0 bridgehead atoms. The highest BCUT2D eigenvalue weighted by atomic mass is 16.6. The van der Waals surface area contributed by atoms with Crippen molar-refractivity contribution in [1.29, 1.82) is 0 Å². The first-order valence-electron chi connectivity index (χ1n) is 5.22. The van der Waals surface area contributed by atoms with E-state index in [-0.39, 0.29) is 6.61 Å². The molecular weight excluding hydrogens is 208 g/mol. The SMILES string of the molecule is O=C[C@@H]1OC[C@@H](O)[C@@H]1OCc1ccccc1. The van der Waals surface area contributed by atoms with Crippen molar-refractivity contribution >= 4 is 6.29 Å². The van der Waals surface area contributed by atoms with E-state index < -0.39 is 18.3 Å². The summed E-state index contributed by atoms with van der Waals surface area (Å²) in [6, 6.07) is 9.61. The van der Waals surface area contributed by atoms with E-state index in [9.17, 15) is 9.90 Å². The summed E-state index contributed by atoms with van der Waals surface area (Å²) in [5.74, 6) is 0. The smallest absolute Gasteiger partial charge is 0.151 e. The number of hydrogen-bond donors (Lipinski definition) is 1. The molecule has 0 saturated carbocycles. The van der Waals surface area contributed by atoms with Gasteiger partial charge in [0.25, 0.3) is 0 Å². The fourth-order valence-electron chi connectivity index (χ4n) is 1.71. The van der Waals surface area contributed by atoms with Gasteiger partial charge in [-0.25, -0.2) is 0 Å². The predicted molar refractivity (Wildman–Crippen MR) is 56.8 cm³/mol. The van der Waals surface area contributed by atoms with Gasteiger partial charge in [0.05, 0.1) is 13.2 Å². The third kappa shape index (κ3) is 2.47. The van der Waals surface area contributed by atoms with Crippen molar-refractivity contribution in [3.63, 3.8) is 0 Å². The molecule has 1 aromatic carbocycles. The van der Waals surface area contributed by atoms with E-state index in [1.165, 1.54) is 0 Å². The molecule has 0 aromatic heterocycles. The number of aliphatic hydroxyl groups is 1. The van der Waals surface area contributed by atoms with E-state index in [0.29, 0.717) is 12.9 Å². The van der Waals surface area contributed by atoms with Crippen molar-refractivity contribution in [2.75, 3.05) is 6.61 Å². The highest BCUT2D eigenvalue weighted by Gasteiger charge is 2.36. The number of hydrogen-bond acceptors (Lipinski definition) is 4. The number of aliphatic hydroxyl groups excluding tert-OH is 1. The molecule has 1 heterocycles. The summed E-state index contributed by atoms with van der Waals surface area (Å²) in [6.45, 7) is 0.527. The zero-order valence-corrected chi connectivity index (χ0v) is 8.78. The van der Waals surface area contributed by atoms with Crippen molar-refractivity contribution in [2.45, 2.75) is 24.9 Å². The Hall–Kier alpha value is -1.23. The van der Waals surface area contributed by atoms with Crippen LogP contribution < -0.4 is 0 Å². The van der Waals surface area contributed by atoms with Gasteiger partial charge in [-0.2, -0.15) is 0 Å². The summed E-state index contributed by atoms with van der Waals surface area (Å²) in [5.41, 5.74) is 1.01. The summed E-state index contributed by atoms with van der Waals surface area (Å²) in [7, 11) is 0. The molecule has 4 nitrogen and oxygen atoms in total. The Morgan fingerprint density at radius 1 is 1.44 bits per heavy atom. The van der Waals surface area contributed by atoms with E-state index in [1.54, 1.807) is 0 Å². The molecule has 16 heavy (non-hydrogen) atoms. The van der Waals surface area contributed by atoms with E-state index >= 15 is 0 Å². The first kappa shape index (κ1) is 11.3. The van der Waals surface area contributed by atoms with Crippen molar-refractivity contribution in [2.24, 2.45) is 0 Å². The van der Waals surface area contributed by atoms with Crippen LogP contribution in [0.5, 0.6) is 0 Å². The molecule has 0 unspecified atom stereocenters. The molecule has 1 aliphatic rings. The molecule has 0 aliphatic carbocycles. The molecule has 1 aliphatic heterocycles. The molecule has 4 heteroatoms. The Morgan fingerprint density at radius 2 is 2.19 bits per heavy atom. The topological polar surface area (TPSA) is 55.8 Å². The third-order valence-electron chi connectivity index (χ3n) is 2.58. The second-order valence-corrected chi connectivity index (χ2v) is 3.76. The van der Waals surface area contributed by atoms with Gasteiger partial charge in [-0.1, -0.05) is 30.3 Å². The zero-order chi connectivity index (χ0) is 11.4. The number of aldehydes is 1. The average molecular weight is 222 g/mol. The van der Waals surface area contributed by atoms with Crippen molar-refractivity contribution in [3.05, 3.63) is 35.9 Å². The first-order valence-corrected chi connectivity index (χ1v) is 5.22. The minimum Gasteiger partial charge on any atom is -0.388 e. The molecule has 2 rings (SSSR count). The van der Waals surface area contributed by atoms with Crippen LogP contribution in [0.4, 0.5) is 0 Å². The second kappa shape index (κ2) is 5.21. The van der Waals surface area contributed by atoms with Gasteiger partial charge in [0.1, 0.15) is 18.3 Å². The van der Waals surface area contributed by atoms with Crippen LogP contribution in [0.15, 0.2) is 30.3 Å². The zero-order valence-electron chi connectivity index (χ0n) is 8.78. The molecule has 0 radical (unpaired) electrons. The first-order chi connectivity index (χ1) is 7.81. The maximum absolute atomic E-state index is 10.7. The lowest BCUT2D eigenvalue weighted by Crippen LogP contribution is -2.33. The Morgan fingerprint density at radius 3 is 2.88 bits per heavy atom. The van der Waals surface area contributed by atoms with Gasteiger partial charge in [0.2, 0.25) is 0 Å². The maximum Gasteiger partial charge on any atom is 0.151 e. The van der Waals surface area contributed by atoms with E-state index in [0.717, 1.165) is 5.56 Å². The summed E-state index contributed by atoms with van der Waals surface area (Å²) >= 11 is 0. The summed E-state index contributed by atoms with van der Waals surface area (Å²) < 4.78 is 10.6. The Kier molecular flexibility index (Phi) is 3.66. The van der Waals surface area contributed by atoms with Crippen LogP contribution >= 0.6 is 0 Å². The van der Waals surface area contributed by atoms with E-state index in [1.807, 2.05) is 30.3 Å². The quantitative estimate of drug-likeness (QED) is 0.755. The lowest BCUT2D eigenvalue weighted by atomic mass is 10.1. The molecule has 0 amide bonds. The molecule has 1 saturated heterocycles. The highest BCUT2D eigenvalue weighted by Crippen LogP contribution is 2.18.